The molecule has 1 atom stereocenters. The normalized spacial score (nSPS) is 19.8. The number of hydrogen-bond donors (Lipinski definition) is 1. The Bertz CT molecular complexity index is 815. The lowest BCUT2D eigenvalue weighted by atomic mass is 9.88. The van der Waals surface area contributed by atoms with Gasteiger partial charge in [0.25, 0.3) is 0 Å². The van der Waals surface area contributed by atoms with Crippen LogP contribution in [0.1, 0.15) is 30.0 Å². The van der Waals surface area contributed by atoms with Crippen LogP contribution >= 0.6 is 0 Å². The van der Waals surface area contributed by atoms with Gasteiger partial charge in [-0.1, -0.05) is 36.4 Å². The molecule has 2 aromatic rings. The minimum atomic E-state index is 0.132. The number of carbonyl (C=O) groups is 1. The molecular formula is C23H29N3O2. The number of nitrogens with zero attached hydrogens (tertiary/aromatic N) is 2. The van der Waals surface area contributed by atoms with E-state index in [1.165, 1.54) is 11.1 Å². The van der Waals surface area contributed by atoms with Crippen molar-refractivity contribution in [3.05, 3.63) is 59.7 Å². The predicted molar refractivity (Wildman–Crippen MR) is 112 cm³/mol. The Morgan fingerprint density at radius 3 is 2.64 bits per heavy atom. The molecule has 5 heteroatoms. The van der Waals surface area contributed by atoms with Crippen molar-refractivity contribution >= 4 is 11.6 Å². The topological polar surface area (TPSA) is 44.8 Å². The first-order chi connectivity index (χ1) is 13.7. The lowest BCUT2D eigenvalue weighted by Crippen LogP contribution is -2.50. The summed E-state index contributed by atoms with van der Waals surface area (Å²) in [5, 5.41) is 3.27. The van der Waals surface area contributed by atoms with Gasteiger partial charge >= 0.3 is 0 Å². The Labute approximate surface area is 167 Å². The minimum absolute atomic E-state index is 0.132. The number of para-hydroxylation sites is 2. The number of rotatable bonds is 5. The molecule has 0 saturated carbocycles. The molecule has 0 aromatic heterocycles. The fourth-order valence-electron chi connectivity index (χ4n) is 4.38. The third-order valence-electron chi connectivity index (χ3n) is 5.87. The number of anilines is 1. The number of nitrogens with one attached hydrogen (secondary N) is 1. The van der Waals surface area contributed by atoms with E-state index in [1.807, 2.05) is 18.2 Å². The number of fused-ring (bicyclic) bond motifs is 1. The van der Waals surface area contributed by atoms with Gasteiger partial charge in [-0.2, -0.15) is 0 Å². The summed E-state index contributed by atoms with van der Waals surface area (Å²) in [7, 11) is 1.71. The molecule has 0 unspecified atom stereocenters. The first-order valence-electron chi connectivity index (χ1n) is 10.2. The van der Waals surface area contributed by atoms with Crippen LogP contribution < -0.4 is 15.0 Å². The largest absolute Gasteiger partial charge is 0.495 e. The lowest BCUT2D eigenvalue weighted by Gasteiger charge is -2.36. The summed E-state index contributed by atoms with van der Waals surface area (Å²) >= 11 is 0. The highest BCUT2D eigenvalue weighted by Gasteiger charge is 2.24. The van der Waals surface area contributed by atoms with E-state index < -0.39 is 0 Å². The summed E-state index contributed by atoms with van der Waals surface area (Å²) in [6.45, 7) is 4.04. The van der Waals surface area contributed by atoms with Crippen LogP contribution in [-0.4, -0.2) is 50.6 Å². The maximum Gasteiger partial charge on any atom is 0.234 e. The Kier molecular flexibility index (Phi) is 5.81. The van der Waals surface area contributed by atoms with Crippen molar-refractivity contribution in [2.24, 2.45) is 0 Å². The number of methoxy groups -OCH3 is 1. The molecule has 2 aliphatic rings. The molecule has 1 aliphatic carbocycles. The first kappa shape index (κ1) is 18.8. The third kappa shape index (κ3) is 4.14. The van der Waals surface area contributed by atoms with Crippen molar-refractivity contribution in [2.45, 2.75) is 25.3 Å². The molecule has 5 nitrogen and oxygen atoms in total. The molecule has 1 heterocycles. The molecule has 4 rings (SSSR count). The van der Waals surface area contributed by atoms with E-state index >= 15 is 0 Å². The molecular weight excluding hydrogens is 350 g/mol. The van der Waals surface area contributed by atoms with E-state index in [2.05, 4.69) is 45.4 Å². The summed E-state index contributed by atoms with van der Waals surface area (Å²) in [6, 6.07) is 16.8. The quantitative estimate of drug-likeness (QED) is 0.867. The predicted octanol–water partition coefficient (Wildman–Crippen LogP) is 3.01. The zero-order valence-corrected chi connectivity index (χ0v) is 16.6. The van der Waals surface area contributed by atoms with Gasteiger partial charge in [-0.15, -0.1) is 0 Å². The van der Waals surface area contributed by atoms with Crippen molar-refractivity contribution in [3.8, 4) is 5.75 Å². The van der Waals surface area contributed by atoms with Gasteiger partial charge in [0, 0.05) is 26.2 Å². The van der Waals surface area contributed by atoms with Crippen molar-refractivity contribution in [1.82, 2.24) is 10.2 Å². The van der Waals surface area contributed by atoms with Gasteiger partial charge in [-0.3, -0.25) is 9.69 Å². The molecule has 1 saturated heterocycles. The minimum Gasteiger partial charge on any atom is -0.495 e. The molecule has 1 amide bonds. The smallest absolute Gasteiger partial charge is 0.234 e. The summed E-state index contributed by atoms with van der Waals surface area (Å²) in [5.74, 6) is 1.04. The average Bonchev–Trinajstić information content (AvgIpc) is 2.74. The van der Waals surface area contributed by atoms with Crippen LogP contribution in [0.5, 0.6) is 5.75 Å². The number of benzene rings is 2. The fourth-order valence-corrected chi connectivity index (χ4v) is 4.38. The maximum absolute atomic E-state index is 12.7. The zero-order valence-electron chi connectivity index (χ0n) is 16.6. The van der Waals surface area contributed by atoms with Gasteiger partial charge in [0.05, 0.1) is 25.4 Å². The zero-order chi connectivity index (χ0) is 19.3. The van der Waals surface area contributed by atoms with Crippen molar-refractivity contribution in [3.63, 3.8) is 0 Å². The molecule has 1 fully saturated rings. The molecule has 28 heavy (non-hydrogen) atoms. The standard InChI is InChI=1S/C23H29N3O2/c1-28-22-12-5-4-11-21(22)26-15-13-25(14-16-26)17-23(27)24-20-10-6-8-18-7-2-3-9-19(18)20/h2-5,7,9,11-12,20H,6,8,10,13-17H2,1H3,(H,24,27)/t20-/m0/s1. The van der Waals surface area contributed by atoms with Crippen LogP contribution in [0.15, 0.2) is 48.5 Å². The molecule has 148 valence electrons. The van der Waals surface area contributed by atoms with Crippen LogP contribution in [-0.2, 0) is 11.2 Å². The summed E-state index contributed by atoms with van der Waals surface area (Å²) < 4.78 is 5.48. The third-order valence-corrected chi connectivity index (χ3v) is 5.87. The highest BCUT2D eigenvalue weighted by molar-refractivity contribution is 5.78. The Balaban J connectivity index is 1.30. The van der Waals surface area contributed by atoms with Gasteiger partial charge in [-0.05, 0) is 42.5 Å². The molecule has 1 aliphatic heterocycles. The molecule has 2 aromatic carbocycles. The Morgan fingerprint density at radius 2 is 1.82 bits per heavy atom. The van der Waals surface area contributed by atoms with Crippen LogP contribution in [0.3, 0.4) is 0 Å². The van der Waals surface area contributed by atoms with Gasteiger partial charge < -0.3 is 15.0 Å². The van der Waals surface area contributed by atoms with E-state index in [-0.39, 0.29) is 11.9 Å². The second-order valence-electron chi connectivity index (χ2n) is 7.65. The SMILES string of the molecule is COc1ccccc1N1CCN(CC(=O)N[C@H]2CCCc3ccccc32)CC1. The molecule has 1 N–H and O–H groups in total. The number of hydrogen-bond acceptors (Lipinski definition) is 4. The highest BCUT2D eigenvalue weighted by Crippen LogP contribution is 2.30. The second kappa shape index (κ2) is 8.65. The Morgan fingerprint density at radius 1 is 1.07 bits per heavy atom. The number of carbonyl (C=O) groups excluding carboxylic acids is 1. The maximum atomic E-state index is 12.7. The van der Waals surface area contributed by atoms with E-state index in [1.54, 1.807) is 7.11 Å². The van der Waals surface area contributed by atoms with Crippen molar-refractivity contribution < 1.29 is 9.53 Å². The number of ether oxygens (including phenoxy) is 1. The van der Waals surface area contributed by atoms with Crippen LogP contribution in [0, 0.1) is 0 Å². The van der Waals surface area contributed by atoms with E-state index in [0.717, 1.165) is 56.9 Å². The van der Waals surface area contributed by atoms with Crippen LogP contribution in [0.25, 0.3) is 0 Å². The summed E-state index contributed by atoms with van der Waals surface area (Å²) in [4.78, 5) is 17.2. The molecule has 0 bridgehead atoms. The lowest BCUT2D eigenvalue weighted by molar-refractivity contribution is -0.123. The fraction of sp³-hybridized carbons (Fsp3) is 0.435. The summed E-state index contributed by atoms with van der Waals surface area (Å²) in [6.07, 6.45) is 3.29. The number of piperazine rings is 1. The van der Waals surface area contributed by atoms with Gasteiger partial charge in [0.15, 0.2) is 0 Å². The second-order valence-corrected chi connectivity index (χ2v) is 7.65. The van der Waals surface area contributed by atoms with Crippen LogP contribution in [0.2, 0.25) is 0 Å². The molecule has 0 radical (unpaired) electrons. The Hall–Kier alpha value is -2.53. The van der Waals surface area contributed by atoms with Crippen molar-refractivity contribution in [1.29, 1.82) is 0 Å². The van der Waals surface area contributed by atoms with Gasteiger partial charge in [0.1, 0.15) is 5.75 Å². The van der Waals surface area contributed by atoms with Crippen LogP contribution in [0.4, 0.5) is 5.69 Å². The monoisotopic (exact) mass is 379 g/mol. The van der Waals surface area contributed by atoms with E-state index in [9.17, 15) is 4.79 Å². The number of aryl methyl sites for hydroxylation is 1. The first-order valence-corrected chi connectivity index (χ1v) is 10.2. The van der Waals surface area contributed by atoms with E-state index in [0.29, 0.717) is 6.54 Å². The van der Waals surface area contributed by atoms with E-state index in [4.69, 9.17) is 4.74 Å². The van der Waals surface area contributed by atoms with Gasteiger partial charge in [0.2, 0.25) is 5.91 Å². The van der Waals surface area contributed by atoms with Crippen molar-refractivity contribution in [2.75, 3.05) is 44.7 Å². The average molecular weight is 380 g/mol. The molecule has 0 spiro atoms. The number of amides is 1. The van der Waals surface area contributed by atoms with Gasteiger partial charge in [-0.25, -0.2) is 0 Å². The highest BCUT2D eigenvalue weighted by atomic mass is 16.5. The summed E-state index contributed by atoms with van der Waals surface area (Å²) in [5.41, 5.74) is 3.81.